The van der Waals surface area contributed by atoms with Gasteiger partial charge in [0.05, 0.1) is 45.7 Å². The monoisotopic (exact) mass is 1180 g/mol. The van der Waals surface area contributed by atoms with Crippen molar-refractivity contribution in [1.82, 2.24) is 49.7 Å². The molecule has 0 radical (unpaired) electrons. The Bertz CT molecular complexity index is 2950. The predicted octanol–water partition coefficient (Wildman–Crippen LogP) is 5.16. The summed E-state index contributed by atoms with van der Waals surface area (Å²) in [6, 6.07) is 32.4. The maximum Gasteiger partial charge on any atom is 0.323 e. The molecule has 6 N–H and O–H groups in total. The van der Waals surface area contributed by atoms with E-state index in [2.05, 4.69) is 35.3 Å². The van der Waals surface area contributed by atoms with E-state index in [1.54, 1.807) is 32.3 Å². The van der Waals surface area contributed by atoms with Gasteiger partial charge in [-0.1, -0.05) is 121 Å². The lowest BCUT2D eigenvalue weighted by Gasteiger charge is -2.33. The molecule has 6 aromatic rings. The lowest BCUT2D eigenvalue weighted by molar-refractivity contribution is -0.146. The van der Waals surface area contributed by atoms with Crippen LogP contribution in [0.15, 0.2) is 139 Å². The van der Waals surface area contributed by atoms with Crippen molar-refractivity contribution < 1.29 is 52.4 Å². The summed E-state index contributed by atoms with van der Waals surface area (Å²) in [4.78, 5) is 83.1. The standard InChI is InChI=1S/C59H80N10O12P2/c1-5-78-56(72)49(39-45-21-13-9-14-22-45)63-82(76,64-50(57(73)79-6-2)40-46-23-15-10-16-24-46)37-34-67(31-32-69-44-62-53-54(69)60-43-61-55(53)71)29-30-68(33-36-70)35-38-83(77,65-51(58(74)80-7-3)41-47-25-17-11-18-26-47)66-52(59(75)81-8-4)42-48-27-19-12-20-28-48/h9-28,43-44,49-52,70H,5-8,29-42H2,1-4H3,(H,60,61,71)(H2,63,64,76)(H2,65,66,77)/t49-,50-,51-,52-/m0/s1. The predicted molar refractivity (Wildman–Crippen MR) is 318 cm³/mol. The van der Waals surface area contributed by atoms with E-state index >= 15 is 9.13 Å². The largest absolute Gasteiger partial charge is 0.465 e. The SMILES string of the molecule is CCOC(=O)[C@H](Cc1ccccc1)NP(=O)(CCN(CCO)CCN(CCn1cnc2c(=O)[nH]cnc21)CCP(=O)(N[C@@H](Cc1ccccc1)C(=O)OCC)N[C@@H](Cc1ccccc1)C(=O)OCC)N[C@@H](Cc1ccccc1)C(=O)OCC. The number of esters is 4. The summed E-state index contributed by atoms with van der Waals surface area (Å²) in [5, 5.41) is 23.2. The van der Waals surface area contributed by atoms with Gasteiger partial charge in [-0.15, -0.1) is 0 Å². The number of benzene rings is 4. The summed E-state index contributed by atoms with van der Waals surface area (Å²) < 4.78 is 55.5. The number of aromatic amines is 1. The summed E-state index contributed by atoms with van der Waals surface area (Å²) >= 11 is 0. The zero-order valence-corrected chi connectivity index (χ0v) is 49.6. The number of nitrogens with zero attached hydrogens (tertiary/aromatic N) is 5. The van der Waals surface area contributed by atoms with Gasteiger partial charge < -0.3 is 33.6 Å². The average molecular weight is 1180 g/mol. The van der Waals surface area contributed by atoms with E-state index in [9.17, 15) is 29.1 Å². The zero-order valence-electron chi connectivity index (χ0n) is 47.8. The van der Waals surface area contributed by atoms with E-state index in [1.165, 1.54) is 12.7 Å². The van der Waals surface area contributed by atoms with Crippen molar-refractivity contribution in [2.24, 2.45) is 0 Å². The molecule has 83 heavy (non-hydrogen) atoms. The lowest BCUT2D eigenvalue weighted by atomic mass is 10.1. The van der Waals surface area contributed by atoms with Crippen LogP contribution < -0.4 is 25.9 Å². The molecule has 0 saturated carbocycles. The number of H-pyrrole nitrogens is 1. The number of fused-ring (bicyclic) bond motifs is 1. The topological polar surface area (TPSA) is 278 Å². The Hall–Kier alpha value is -6.71. The molecule has 0 aliphatic rings. The smallest absolute Gasteiger partial charge is 0.323 e. The fourth-order valence-electron chi connectivity index (χ4n) is 9.40. The second kappa shape index (κ2) is 34.2. The van der Waals surface area contributed by atoms with Crippen molar-refractivity contribution in [2.45, 2.75) is 84.1 Å². The van der Waals surface area contributed by atoms with Gasteiger partial charge in [0.15, 0.2) is 11.2 Å². The third-order valence-electron chi connectivity index (χ3n) is 13.5. The van der Waals surface area contributed by atoms with Gasteiger partial charge in [0, 0.05) is 58.1 Å². The van der Waals surface area contributed by atoms with Crippen LogP contribution in [0.2, 0.25) is 0 Å². The Morgan fingerprint density at radius 2 is 0.855 bits per heavy atom. The van der Waals surface area contributed by atoms with Crippen molar-refractivity contribution in [1.29, 1.82) is 0 Å². The van der Waals surface area contributed by atoms with Gasteiger partial charge >= 0.3 is 23.9 Å². The second-order valence-corrected chi connectivity index (χ2v) is 24.6. The van der Waals surface area contributed by atoms with Gasteiger partial charge in [-0.25, -0.2) is 30.3 Å². The molecule has 0 bridgehead atoms. The number of aliphatic hydroxyl groups is 1. The molecule has 4 aromatic carbocycles. The Kier molecular flexibility index (Phi) is 26.9. The highest BCUT2D eigenvalue weighted by Gasteiger charge is 2.38. The van der Waals surface area contributed by atoms with Crippen LogP contribution in [0.3, 0.4) is 0 Å². The van der Waals surface area contributed by atoms with Crippen LogP contribution in [0, 0.1) is 0 Å². The molecule has 6 rings (SSSR count). The number of rotatable bonds is 38. The first-order valence-corrected chi connectivity index (χ1v) is 32.0. The van der Waals surface area contributed by atoms with Crippen LogP contribution in [0.4, 0.5) is 0 Å². The summed E-state index contributed by atoms with van der Waals surface area (Å²) in [7, 11) is -8.06. The van der Waals surface area contributed by atoms with Crippen LogP contribution >= 0.6 is 14.9 Å². The molecule has 2 aromatic heterocycles. The van der Waals surface area contributed by atoms with Gasteiger partial charge in [0.1, 0.15) is 24.2 Å². The maximum absolute atomic E-state index is 15.9. The van der Waals surface area contributed by atoms with Gasteiger partial charge in [0.2, 0.25) is 14.9 Å². The van der Waals surface area contributed by atoms with Crippen LogP contribution in [0.25, 0.3) is 11.2 Å². The first-order valence-electron chi connectivity index (χ1n) is 28.2. The minimum absolute atomic E-state index is 0.0612. The highest BCUT2D eigenvalue weighted by Crippen LogP contribution is 2.40. The minimum atomic E-state index is -4.05. The van der Waals surface area contributed by atoms with Crippen molar-refractivity contribution in [3.63, 3.8) is 0 Å². The third-order valence-corrected chi connectivity index (χ3v) is 18.1. The number of carbonyl (C=O) groups excluding carboxylic acids is 4. The molecule has 2 heterocycles. The van der Waals surface area contributed by atoms with Gasteiger partial charge in [0.25, 0.3) is 5.56 Å². The fourth-order valence-corrected chi connectivity index (χ4v) is 14.0. The van der Waals surface area contributed by atoms with Crippen molar-refractivity contribution in [3.05, 3.63) is 167 Å². The molecule has 4 atom stereocenters. The first-order chi connectivity index (χ1) is 40.2. The van der Waals surface area contributed by atoms with Crippen LogP contribution in [-0.2, 0) is 79.5 Å². The molecule has 0 aliphatic carbocycles. The van der Waals surface area contributed by atoms with E-state index in [0.717, 1.165) is 22.3 Å². The fraction of sp³-hybridized carbons (Fsp3) is 0.441. The van der Waals surface area contributed by atoms with Gasteiger partial charge in [-0.05, 0) is 75.6 Å². The molecule has 0 aliphatic heterocycles. The molecule has 22 nitrogen and oxygen atoms in total. The number of carbonyl (C=O) groups is 4. The molecule has 0 amide bonds. The van der Waals surface area contributed by atoms with E-state index in [4.69, 9.17) is 18.9 Å². The third kappa shape index (κ3) is 21.5. The molecule has 0 saturated heterocycles. The summed E-state index contributed by atoms with van der Waals surface area (Å²) in [5.74, 6) is -2.54. The Balaban J connectivity index is 1.34. The zero-order chi connectivity index (χ0) is 59.5. The van der Waals surface area contributed by atoms with Gasteiger partial charge in [-0.3, -0.25) is 42.9 Å². The maximum atomic E-state index is 15.9. The van der Waals surface area contributed by atoms with Crippen LogP contribution in [0.5, 0.6) is 0 Å². The summed E-state index contributed by atoms with van der Waals surface area (Å²) in [5.41, 5.74) is 3.18. The number of nitrogens with one attached hydrogen (secondary N) is 5. The van der Waals surface area contributed by atoms with Gasteiger partial charge in [-0.2, -0.15) is 0 Å². The minimum Gasteiger partial charge on any atom is -0.465 e. The van der Waals surface area contributed by atoms with E-state index in [1.807, 2.05) is 131 Å². The molecular weight excluding hydrogens is 1100 g/mol. The number of ether oxygens (including phenoxy) is 4. The van der Waals surface area contributed by atoms with Crippen molar-refractivity contribution in [2.75, 3.05) is 84.6 Å². The Morgan fingerprint density at radius 3 is 1.18 bits per heavy atom. The Labute approximate surface area is 485 Å². The number of imidazole rings is 1. The van der Waals surface area contributed by atoms with Crippen LogP contribution in [-0.4, -0.2) is 167 Å². The van der Waals surface area contributed by atoms with E-state index in [0.29, 0.717) is 5.65 Å². The molecule has 0 unspecified atom stereocenters. The summed E-state index contributed by atoms with van der Waals surface area (Å²) in [6.07, 6.45) is 2.99. The van der Waals surface area contributed by atoms with Crippen LogP contribution in [0.1, 0.15) is 49.9 Å². The summed E-state index contributed by atoms with van der Waals surface area (Å²) in [6.45, 7) is 8.01. The number of aliphatic hydroxyl groups excluding tert-OH is 1. The Morgan fingerprint density at radius 1 is 0.518 bits per heavy atom. The molecular formula is C59H80N10O12P2. The molecule has 0 spiro atoms. The number of aromatic nitrogens is 4. The van der Waals surface area contributed by atoms with Crippen molar-refractivity contribution >= 4 is 49.9 Å². The second-order valence-electron chi connectivity index (χ2n) is 19.7. The molecule has 448 valence electrons. The van der Waals surface area contributed by atoms with E-state index in [-0.39, 0.29) is 122 Å². The lowest BCUT2D eigenvalue weighted by Crippen LogP contribution is -2.48. The highest BCUT2D eigenvalue weighted by molar-refractivity contribution is 7.60. The van der Waals surface area contributed by atoms with Crippen molar-refractivity contribution in [3.8, 4) is 0 Å². The van der Waals surface area contributed by atoms with E-state index < -0.39 is 68.5 Å². The number of hydrogen-bond donors (Lipinski definition) is 6. The molecule has 0 fully saturated rings. The average Bonchev–Trinajstić information content (AvgIpc) is 4.13. The normalized spacial score (nSPS) is 13.3. The quantitative estimate of drug-likeness (QED) is 0.0166. The molecule has 24 heteroatoms. The highest BCUT2D eigenvalue weighted by atomic mass is 31.2. The first kappa shape index (κ1) is 65.4. The number of hydrogen-bond acceptors (Lipinski definition) is 16.